The fourth-order valence-corrected chi connectivity index (χ4v) is 1.77. The van der Waals surface area contributed by atoms with E-state index in [2.05, 4.69) is 38.2 Å². The summed E-state index contributed by atoms with van der Waals surface area (Å²) in [5, 5.41) is 3.17. The summed E-state index contributed by atoms with van der Waals surface area (Å²) in [7, 11) is 0. The molecule has 1 atom stereocenters. The van der Waals surface area contributed by atoms with Gasteiger partial charge in [-0.25, -0.2) is 4.79 Å². The van der Waals surface area contributed by atoms with E-state index < -0.39 is 5.60 Å². The molecule has 1 N–H and O–H groups in total. The van der Waals surface area contributed by atoms with Gasteiger partial charge in [0.15, 0.2) is 0 Å². The highest BCUT2D eigenvalue weighted by atomic mass is 16.6. The minimum atomic E-state index is -0.455. The number of hydrogen-bond donors (Lipinski definition) is 1. The van der Waals surface area contributed by atoms with Gasteiger partial charge in [-0.15, -0.1) is 0 Å². The van der Waals surface area contributed by atoms with Crippen molar-refractivity contribution in [2.24, 2.45) is 0 Å². The molecule has 1 aromatic rings. The van der Waals surface area contributed by atoms with Gasteiger partial charge in [-0.1, -0.05) is 32.9 Å². The lowest BCUT2D eigenvalue weighted by atomic mass is 9.87. The molecule has 3 heteroatoms. The average molecular weight is 277 g/mol. The van der Waals surface area contributed by atoms with Crippen molar-refractivity contribution in [1.82, 2.24) is 0 Å². The van der Waals surface area contributed by atoms with E-state index in [4.69, 9.17) is 4.74 Å². The average Bonchev–Trinajstić information content (AvgIpc) is 2.26. The molecule has 0 radical (unpaired) electrons. The second-order valence-electron chi connectivity index (χ2n) is 7.23. The van der Waals surface area contributed by atoms with Gasteiger partial charge in [-0.05, 0) is 50.8 Å². The van der Waals surface area contributed by atoms with Gasteiger partial charge in [0.1, 0.15) is 11.6 Å². The van der Waals surface area contributed by atoms with Crippen LogP contribution in [0.4, 0.5) is 5.69 Å². The van der Waals surface area contributed by atoms with Crippen molar-refractivity contribution >= 4 is 11.7 Å². The highest BCUT2D eigenvalue weighted by molar-refractivity contribution is 5.79. The van der Waals surface area contributed by atoms with Crippen molar-refractivity contribution in [2.75, 3.05) is 5.32 Å². The third-order valence-corrected chi connectivity index (χ3v) is 2.89. The lowest BCUT2D eigenvalue weighted by Crippen LogP contribution is -2.34. The van der Waals surface area contributed by atoms with E-state index >= 15 is 0 Å². The Balaban J connectivity index is 2.67. The maximum atomic E-state index is 11.9. The molecule has 20 heavy (non-hydrogen) atoms. The summed E-state index contributed by atoms with van der Waals surface area (Å²) in [6.07, 6.45) is 0. The Hall–Kier alpha value is -1.51. The summed E-state index contributed by atoms with van der Waals surface area (Å²) in [5.41, 5.74) is 1.88. The summed E-state index contributed by atoms with van der Waals surface area (Å²) in [5.74, 6) is -0.239. The molecule has 0 heterocycles. The topological polar surface area (TPSA) is 38.3 Å². The Bertz CT molecular complexity index is 449. The van der Waals surface area contributed by atoms with Crippen LogP contribution in [0.5, 0.6) is 0 Å². The van der Waals surface area contributed by atoms with Crippen LogP contribution in [0.1, 0.15) is 54.0 Å². The predicted octanol–water partition coefficient (Wildman–Crippen LogP) is 4.13. The van der Waals surface area contributed by atoms with Crippen molar-refractivity contribution < 1.29 is 9.53 Å². The Morgan fingerprint density at radius 3 is 1.95 bits per heavy atom. The van der Waals surface area contributed by atoms with Crippen molar-refractivity contribution in [3.8, 4) is 0 Å². The van der Waals surface area contributed by atoms with Gasteiger partial charge in [0.25, 0.3) is 0 Å². The zero-order valence-corrected chi connectivity index (χ0v) is 13.7. The number of carbonyl (C=O) groups is 1. The highest BCUT2D eigenvalue weighted by Crippen LogP contribution is 2.23. The number of ether oxygens (including phenoxy) is 1. The van der Waals surface area contributed by atoms with E-state index in [-0.39, 0.29) is 17.4 Å². The molecule has 0 spiro atoms. The van der Waals surface area contributed by atoms with Gasteiger partial charge in [0, 0.05) is 5.69 Å². The quantitative estimate of drug-likeness (QED) is 0.844. The number of benzene rings is 1. The van der Waals surface area contributed by atoms with Crippen LogP contribution in [0, 0.1) is 0 Å². The van der Waals surface area contributed by atoms with Crippen LogP contribution in [0.25, 0.3) is 0 Å². The Kier molecular flexibility index (Phi) is 4.85. The van der Waals surface area contributed by atoms with Crippen LogP contribution >= 0.6 is 0 Å². The number of rotatable bonds is 3. The lowest BCUT2D eigenvalue weighted by Gasteiger charge is -2.23. The van der Waals surface area contributed by atoms with Crippen LogP contribution in [-0.2, 0) is 14.9 Å². The van der Waals surface area contributed by atoms with Crippen LogP contribution < -0.4 is 5.32 Å². The van der Waals surface area contributed by atoms with Crippen LogP contribution in [0.3, 0.4) is 0 Å². The number of carbonyl (C=O) groups excluding carboxylic acids is 1. The molecule has 0 aliphatic rings. The fourth-order valence-electron chi connectivity index (χ4n) is 1.77. The molecule has 0 aliphatic carbocycles. The van der Waals surface area contributed by atoms with Crippen molar-refractivity contribution in [3.05, 3.63) is 29.8 Å². The van der Waals surface area contributed by atoms with Crippen LogP contribution in [0.2, 0.25) is 0 Å². The Morgan fingerprint density at radius 1 is 1.05 bits per heavy atom. The zero-order chi connectivity index (χ0) is 15.6. The van der Waals surface area contributed by atoms with Gasteiger partial charge in [-0.3, -0.25) is 0 Å². The van der Waals surface area contributed by atoms with Gasteiger partial charge in [0.2, 0.25) is 0 Å². The second kappa shape index (κ2) is 5.86. The van der Waals surface area contributed by atoms with Crippen LogP contribution in [0.15, 0.2) is 24.3 Å². The van der Waals surface area contributed by atoms with Gasteiger partial charge in [-0.2, -0.15) is 0 Å². The van der Waals surface area contributed by atoms with Crippen molar-refractivity contribution in [1.29, 1.82) is 0 Å². The van der Waals surface area contributed by atoms with Gasteiger partial charge < -0.3 is 10.1 Å². The molecule has 0 fully saturated rings. The predicted molar refractivity (Wildman–Crippen MR) is 84.1 cm³/mol. The van der Waals surface area contributed by atoms with E-state index in [1.807, 2.05) is 39.8 Å². The molecule has 0 aromatic heterocycles. The Morgan fingerprint density at radius 2 is 1.55 bits per heavy atom. The minimum Gasteiger partial charge on any atom is -0.458 e. The summed E-state index contributed by atoms with van der Waals surface area (Å²) in [6, 6.07) is 7.81. The molecular weight excluding hydrogens is 250 g/mol. The lowest BCUT2D eigenvalue weighted by molar-refractivity contribution is -0.155. The molecule has 0 saturated carbocycles. The minimum absolute atomic E-state index is 0.134. The summed E-state index contributed by atoms with van der Waals surface area (Å²) < 4.78 is 5.35. The molecule has 0 saturated heterocycles. The first-order valence-corrected chi connectivity index (χ1v) is 7.09. The third kappa shape index (κ3) is 5.24. The molecule has 0 aliphatic heterocycles. The van der Waals surface area contributed by atoms with Crippen molar-refractivity contribution in [3.63, 3.8) is 0 Å². The van der Waals surface area contributed by atoms with E-state index in [1.165, 1.54) is 5.56 Å². The van der Waals surface area contributed by atoms with Gasteiger partial charge >= 0.3 is 5.97 Å². The first-order chi connectivity index (χ1) is 8.99. The summed E-state index contributed by atoms with van der Waals surface area (Å²) >= 11 is 0. The van der Waals surface area contributed by atoms with Crippen molar-refractivity contribution in [2.45, 2.75) is 65.5 Å². The number of hydrogen-bond acceptors (Lipinski definition) is 3. The largest absolute Gasteiger partial charge is 0.458 e. The fraction of sp³-hybridized carbons (Fsp3) is 0.588. The molecule has 0 amide bonds. The maximum Gasteiger partial charge on any atom is 0.328 e. The highest BCUT2D eigenvalue weighted by Gasteiger charge is 2.21. The van der Waals surface area contributed by atoms with E-state index in [9.17, 15) is 4.79 Å². The van der Waals surface area contributed by atoms with E-state index in [1.54, 1.807) is 0 Å². The molecule has 1 unspecified atom stereocenters. The molecule has 112 valence electrons. The number of nitrogens with one attached hydrogen (secondary N) is 1. The first kappa shape index (κ1) is 16.5. The van der Waals surface area contributed by atoms with E-state index in [0.717, 1.165) is 5.69 Å². The summed E-state index contributed by atoms with van der Waals surface area (Å²) in [4.78, 5) is 11.9. The van der Waals surface area contributed by atoms with Gasteiger partial charge in [0.05, 0.1) is 0 Å². The molecule has 1 aromatic carbocycles. The second-order valence-corrected chi connectivity index (χ2v) is 7.23. The standard InChI is InChI=1S/C17H27NO2/c1-12(15(19)20-17(5,6)7)18-14-10-8-13(9-11-14)16(2,3)4/h8-12,18H,1-7H3. The molecule has 0 bridgehead atoms. The zero-order valence-electron chi connectivity index (χ0n) is 13.7. The maximum absolute atomic E-state index is 11.9. The first-order valence-electron chi connectivity index (χ1n) is 7.09. The number of esters is 1. The molecular formula is C17H27NO2. The Labute approximate surface area is 122 Å². The summed E-state index contributed by atoms with van der Waals surface area (Å²) in [6.45, 7) is 14.0. The SMILES string of the molecule is CC(Nc1ccc(C(C)(C)C)cc1)C(=O)OC(C)(C)C. The monoisotopic (exact) mass is 277 g/mol. The third-order valence-electron chi connectivity index (χ3n) is 2.89. The normalized spacial score (nSPS) is 13.8. The smallest absolute Gasteiger partial charge is 0.328 e. The molecule has 1 rings (SSSR count). The van der Waals surface area contributed by atoms with E-state index in [0.29, 0.717) is 0 Å². The molecule has 3 nitrogen and oxygen atoms in total. The number of anilines is 1. The van der Waals surface area contributed by atoms with Crippen LogP contribution in [-0.4, -0.2) is 17.6 Å².